The predicted molar refractivity (Wildman–Crippen MR) is 53.6 cm³/mol. The van der Waals surface area contributed by atoms with Crippen LogP contribution in [0.3, 0.4) is 0 Å². The molecule has 76 valence electrons. The van der Waals surface area contributed by atoms with Crippen LogP contribution in [0.5, 0.6) is 0 Å². The van der Waals surface area contributed by atoms with Crippen LogP contribution in [0.25, 0.3) is 11.3 Å². The van der Waals surface area contributed by atoms with Gasteiger partial charge in [0.05, 0.1) is 0 Å². The highest BCUT2D eigenvalue weighted by atomic mass is 16.4. The van der Waals surface area contributed by atoms with Crippen molar-refractivity contribution in [3.8, 4) is 11.3 Å². The molecule has 0 unspecified atom stereocenters. The van der Waals surface area contributed by atoms with E-state index in [1.807, 2.05) is 30.3 Å². The molecule has 0 bridgehead atoms. The SMILES string of the molecule is Cc1oc(C(=O)O)nc1-c1ccccc1. The first-order valence-electron chi connectivity index (χ1n) is 4.44. The average Bonchev–Trinajstić information content (AvgIpc) is 2.62. The van der Waals surface area contributed by atoms with Crippen LogP contribution < -0.4 is 0 Å². The van der Waals surface area contributed by atoms with Crippen molar-refractivity contribution >= 4 is 5.97 Å². The number of carboxylic acids is 1. The second-order valence-electron chi connectivity index (χ2n) is 3.09. The standard InChI is InChI=1S/C11H9NO3/c1-7-9(8-5-3-2-4-6-8)12-10(15-7)11(13)14/h2-6H,1H3,(H,13,14). The van der Waals surface area contributed by atoms with Gasteiger partial charge >= 0.3 is 11.9 Å². The summed E-state index contributed by atoms with van der Waals surface area (Å²) < 4.78 is 5.02. The molecule has 0 saturated heterocycles. The normalized spacial score (nSPS) is 10.2. The molecule has 0 saturated carbocycles. The summed E-state index contributed by atoms with van der Waals surface area (Å²) in [5.74, 6) is -0.912. The second kappa shape index (κ2) is 3.57. The highest BCUT2D eigenvalue weighted by molar-refractivity contribution is 5.83. The minimum atomic E-state index is -1.15. The molecule has 1 heterocycles. The van der Waals surface area contributed by atoms with Crippen LogP contribution >= 0.6 is 0 Å². The highest BCUT2D eigenvalue weighted by Gasteiger charge is 2.15. The zero-order valence-corrected chi connectivity index (χ0v) is 8.10. The Labute approximate surface area is 86.2 Å². The largest absolute Gasteiger partial charge is 0.474 e. The smallest absolute Gasteiger partial charge is 0.392 e. The molecule has 15 heavy (non-hydrogen) atoms. The van der Waals surface area contributed by atoms with E-state index >= 15 is 0 Å². The van der Waals surface area contributed by atoms with Crippen LogP contribution in [-0.2, 0) is 0 Å². The van der Waals surface area contributed by atoms with Gasteiger partial charge < -0.3 is 9.52 Å². The van der Waals surface area contributed by atoms with Crippen LogP contribution in [0.4, 0.5) is 0 Å². The van der Waals surface area contributed by atoms with Crippen LogP contribution in [0, 0.1) is 6.92 Å². The van der Waals surface area contributed by atoms with Crippen molar-refractivity contribution in [2.24, 2.45) is 0 Å². The monoisotopic (exact) mass is 203 g/mol. The number of rotatable bonds is 2. The van der Waals surface area contributed by atoms with E-state index in [2.05, 4.69) is 4.98 Å². The van der Waals surface area contributed by atoms with Crippen molar-refractivity contribution in [2.75, 3.05) is 0 Å². The molecule has 4 nitrogen and oxygen atoms in total. The van der Waals surface area contributed by atoms with Gasteiger partial charge in [-0.15, -0.1) is 0 Å². The molecule has 0 aliphatic heterocycles. The third-order valence-electron chi connectivity index (χ3n) is 2.03. The van der Waals surface area contributed by atoms with E-state index in [0.29, 0.717) is 11.5 Å². The second-order valence-corrected chi connectivity index (χ2v) is 3.09. The highest BCUT2D eigenvalue weighted by Crippen LogP contribution is 2.22. The van der Waals surface area contributed by atoms with Gasteiger partial charge in [0.15, 0.2) is 0 Å². The molecule has 1 aromatic heterocycles. The molecule has 0 fully saturated rings. The van der Waals surface area contributed by atoms with Crippen molar-refractivity contribution < 1.29 is 14.3 Å². The number of aryl methyl sites for hydroxylation is 1. The van der Waals surface area contributed by atoms with Gasteiger partial charge in [-0.3, -0.25) is 0 Å². The number of hydrogen-bond acceptors (Lipinski definition) is 3. The number of nitrogens with zero attached hydrogens (tertiary/aromatic N) is 1. The van der Waals surface area contributed by atoms with E-state index in [1.165, 1.54) is 0 Å². The van der Waals surface area contributed by atoms with Crippen molar-refractivity contribution in [1.82, 2.24) is 4.98 Å². The van der Waals surface area contributed by atoms with Gasteiger partial charge in [0.25, 0.3) is 0 Å². The first kappa shape index (κ1) is 9.45. The summed E-state index contributed by atoms with van der Waals surface area (Å²) in [5, 5.41) is 8.71. The Balaban J connectivity index is 2.50. The Kier molecular flexibility index (Phi) is 2.25. The lowest BCUT2D eigenvalue weighted by molar-refractivity contribution is 0.0652. The molecular formula is C11H9NO3. The maximum atomic E-state index is 10.6. The summed E-state index contributed by atoms with van der Waals surface area (Å²) in [6, 6.07) is 9.33. The fourth-order valence-corrected chi connectivity index (χ4v) is 1.35. The number of hydrogen-bond donors (Lipinski definition) is 1. The molecule has 0 spiro atoms. The number of carbonyl (C=O) groups is 1. The Bertz CT molecular complexity index is 488. The Morgan fingerprint density at radius 1 is 1.33 bits per heavy atom. The molecule has 0 amide bonds. The Morgan fingerprint density at radius 2 is 2.00 bits per heavy atom. The van der Waals surface area contributed by atoms with Crippen molar-refractivity contribution in [3.63, 3.8) is 0 Å². The Hall–Kier alpha value is -2.10. The third kappa shape index (κ3) is 1.74. The topological polar surface area (TPSA) is 63.3 Å². The first-order valence-corrected chi connectivity index (χ1v) is 4.44. The third-order valence-corrected chi connectivity index (χ3v) is 2.03. The first-order chi connectivity index (χ1) is 7.18. The van der Waals surface area contributed by atoms with E-state index in [4.69, 9.17) is 9.52 Å². The fourth-order valence-electron chi connectivity index (χ4n) is 1.35. The number of oxazole rings is 1. The van der Waals surface area contributed by atoms with Crippen LogP contribution in [0.15, 0.2) is 34.7 Å². The molecule has 0 aliphatic carbocycles. The molecule has 1 aromatic carbocycles. The van der Waals surface area contributed by atoms with E-state index < -0.39 is 5.97 Å². The van der Waals surface area contributed by atoms with Gasteiger partial charge in [-0.05, 0) is 6.92 Å². The maximum absolute atomic E-state index is 10.6. The van der Waals surface area contributed by atoms with E-state index in [1.54, 1.807) is 6.92 Å². The van der Waals surface area contributed by atoms with Crippen molar-refractivity contribution in [3.05, 3.63) is 42.0 Å². The number of benzene rings is 1. The fraction of sp³-hybridized carbons (Fsp3) is 0.0909. The molecule has 1 N–H and O–H groups in total. The zero-order valence-electron chi connectivity index (χ0n) is 8.10. The van der Waals surface area contributed by atoms with Crippen molar-refractivity contribution in [1.29, 1.82) is 0 Å². The zero-order chi connectivity index (χ0) is 10.8. The molecule has 0 atom stereocenters. The van der Waals surface area contributed by atoms with E-state index in [-0.39, 0.29) is 5.89 Å². The summed E-state index contributed by atoms with van der Waals surface area (Å²) in [6.07, 6.45) is 0. The van der Waals surface area contributed by atoms with E-state index in [9.17, 15) is 4.79 Å². The number of aromatic carboxylic acids is 1. The number of aromatic nitrogens is 1. The summed E-state index contributed by atoms with van der Waals surface area (Å²) in [7, 11) is 0. The van der Waals surface area contributed by atoms with Gasteiger partial charge in [0.2, 0.25) is 0 Å². The number of carboxylic acid groups (broad SMARTS) is 1. The lowest BCUT2D eigenvalue weighted by Crippen LogP contribution is -1.95. The lowest BCUT2D eigenvalue weighted by Gasteiger charge is -1.94. The van der Waals surface area contributed by atoms with Crippen molar-refractivity contribution in [2.45, 2.75) is 6.92 Å². The lowest BCUT2D eigenvalue weighted by atomic mass is 10.1. The van der Waals surface area contributed by atoms with Gasteiger partial charge in [-0.1, -0.05) is 30.3 Å². The minimum absolute atomic E-state index is 0.272. The molecule has 0 aliphatic rings. The maximum Gasteiger partial charge on any atom is 0.392 e. The molecule has 2 aromatic rings. The average molecular weight is 203 g/mol. The van der Waals surface area contributed by atoms with Gasteiger partial charge in [-0.25, -0.2) is 9.78 Å². The quantitative estimate of drug-likeness (QED) is 0.813. The minimum Gasteiger partial charge on any atom is -0.474 e. The molecule has 2 rings (SSSR count). The molecular weight excluding hydrogens is 194 g/mol. The van der Waals surface area contributed by atoms with E-state index in [0.717, 1.165) is 5.56 Å². The van der Waals surface area contributed by atoms with Gasteiger partial charge in [0.1, 0.15) is 11.5 Å². The summed E-state index contributed by atoms with van der Waals surface area (Å²) >= 11 is 0. The van der Waals surface area contributed by atoms with Gasteiger partial charge in [-0.2, -0.15) is 0 Å². The summed E-state index contributed by atoms with van der Waals surface area (Å²) in [5.41, 5.74) is 1.43. The molecule has 4 heteroatoms. The predicted octanol–water partition coefficient (Wildman–Crippen LogP) is 2.35. The van der Waals surface area contributed by atoms with Crippen LogP contribution in [0.1, 0.15) is 16.4 Å². The van der Waals surface area contributed by atoms with Crippen LogP contribution in [-0.4, -0.2) is 16.1 Å². The van der Waals surface area contributed by atoms with Gasteiger partial charge in [0, 0.05) is 5.56 Å². The molecule has 0 radical (unpaired) electrons. The summed E-state index contributed by atoms with van der Waals surface area (Å²) in [6.45, 7) is 1.70. The summed E-state index contributed by atoms with van der Waals surface area (Å²) in [4.78, 5) is 14.6. The van der Waals surface area contributed by atoms with Crippen LogP contribution in [0.2, 0.25) is 0 Å². The Morgan fingerprint density at radius 3 is 2.53 bits per heavy atom.